The van der Waals surface area contributed by atoms with Gasteiger partial charge >= 0.3 is 0 Å². The molecule has 0 spiro atoms. The van der Waals surface area contributed by atoms with Crippen LogP contribution in [0.25, 0.3) is 0 Å². The minimum absolute atomic E-state index is 0.0231. The highest BCUT2D eigenvalue weighted by Gasteiger charge is 2.39. The summed E-state index contributed by atoms with van der Waals surface area (Å²) in [6.07, 6.45) is 1.06. The maximum absolute atomic E-state index is 12.2. The largest absolute Gasteiger partial charge is 0.355 e. The van der Waals surface area contributed by atoms with Crippen LogP contribution in [0.15, 0.2) is 0 Å². The maximum Gasteiger partial charge on any atom is 0.225 e. The molecule has 5 nitrogen and oxygen atoms in total. The maximum atomic E-state index is 12.2. The van der Waals surface area contributed by atoms with Crippen LogP contribution in [0.1, 0.15) is 42.8 Å². The van der Waals surface area contributed by atoms with Gasteiger partial charge in [0.1, 0.15) is 0 Å². The van der Waals surface area contributed by atoms with E-state index in [0.717, 1.165) is 17.1 Å². The molecule has 1 aliphatic heterocycles. The Balaban J connectivity index is 1.82. The van der Waals surface area contributed by atoms with Gasteiger partial charge in [0.05, 0.1) is 16.6 Å². The van der Waals surface area contributed by atoms with Crippen LogP contribution >= 0.6 is 11.3 Å². The van der Waals surface area contributed by atoms with E-state index in [9.17, 15) is 9.59 Å². The molecule has 0 unspecified atom stereocenters. The van der Waals surface area contributed by atoms with Gasteiger partial charge in [0.15, 0.2) is 0 Å². The monoisotopic (exact) mass is 323 g/mol. The van der Waals surface area contributed by atoms with Crippen LogP contribution in [0.4, 0.5) is 0 Å². The van der Waals surface area contributed by atoms with Gasteiger partial charge in [0, 0.05) is 36.3 Å². The molecule has 1 aromatic heterocycles. The van der Waals surface area contributed by atoms with Gasteiger partial charge in [-0.15, -0.1) is 11.3 Å². The Morgan fingerprint density at radius 1 is 1.41 bits per heavy atom. The lowest BCUT2D eigenvalue weighted by Crippen LogP contribution is -2.43. The van der Waals surface area contributed by atoms with E-state index in [1.165, 1.54) is 4.88 Å². The lowest BCUT2D eigenvalue weighted by atomic mass is 10.1. The molecule has 0 aliphatic carbocycles. The number of carbonyl (C=O) groups excluding carboxylic acids is 2. The van der Waals surface area contributed by atoms with Crippen LogP contribution < -0.4 is 5.32 Å². The minimum Gasteiger partial charge on any atom is -0.355 e. The first kappa shape index (κ1) is 16.9. The van der Waals surface area contributed by atoms with Gasteiger partial charge < -0.3 is 10.2 Å². The van der Waals surface area contributed by atoms with E-state index < -0.39 is 0 Å². The Morgan fingerprint density at radius 3 is 2.59 bits per heavy atom. The predicted octanol–water partition coefficient (Wildman–Crippen LogP) is 2.07. The second-order valence-electron chi connectivity index (χ2n) is 6.87. The molecular weight excluding hydrogens is 298 g/mol. The standard InChI is InChI=1S/C16H25N3O2S/c1-10-11(2)22-13(18-10)6-7-17-15(21)12-8-14(20)19(9-12)16(3,4)5/h12H,6-9H2,1-5H3,(H,17,21)/t12-/m1/s1. The zero-order valence-electron chi connectivity index (χ0n) is 14.0. The molecule has 22 heavy (non-hydrogen) atoms. The van der Waals surface area contributed by atoms with Gasteiger partial charge in [-0.2, -0.15) is 0 Å². The normalized spacial score (nSPS) is 18.9. The summed E-state index contributed by atoms with van der Waals surface area (Å²) in [5.41, 5.74) is 0.843. The van der Waals surface area contributed by atoms with Crippen molar-refractivity contribution in [2.75, 3.05) is 13.1 Å². The number of thiazole rings is 1. The van der Waals surface area contributed by atoms with Crippen molar-refractivity contribution >= 4 is 23.2 Å². The van der Waals surface area contributed by atoms with E-state index in [0.29, 0.717) is 19.5 Å². The summed E-state index contributed by atoms with van der Waals surface area (Å²) in [5.74, 6) is -0.185. The number of nitrogens with one attached hydrogen (secondary N) is 1. The zero-order chi connectivity index (χ0) is 16.5. The summed E-state index contributed by atoms with van der Waals surface area (Å²) in [7, 11) is 0. The molecule has 1 saturated heterocycles. The average Bonchev–Trinajstić information content (AvgIpc) is 2.93. The Morgan fingerprint density at radius 2 is 2.09 bits per heavy atom. The molecule has 0 saturated carbocycles. The van der Waals surface area contributed by atoms with Crippen LogP contribution in [0.5, 0.6) is 0 Å². The van der Waals surface area contributed by atoms with Crippen molar-refractivity contribution in [3.63, 3.8) is 0 Å². The molecule has 2 heterocycles. The highest BCUT2D eigenvalue weighted by molar-refractivity contribution is 7.11. The van der Waals surface area contributed by atoms with Crippen molar-refractivity contribution in [2.45, 2.75) is 53.0 Å². The third-order valence-corrected chi connectivity index (χ3v) is 5.15. The molecule has 1 aromatic rings. The summed E-state index contributed by atoms with van der Waals surface area (Å²) >= 11 is 1.68. The fourth-order valence-corrected chi connectivity index (χ4v) is 3.55. The smallest absolute Gasteiger partial charge is 0.225 e. The third-order valence-electron chi connectivity index (χ3n) is 4.02. The second kappa shape index (κ2) is 6.36. The Bertz CT molecular complexity index is 555. The number of rotatable bonds is 4. The second-order valence-corrected chi connectivity index (χ2v) is 8.15. The first-order valence-electron chi connectivity index (χ1n) is 7.69. The van der Waals surface area contributed by atoms with E-state index in [-0.39, 0.29) is 23.3 Å². The van der Waals surface area contributed by atoms with E-state index in [4.69, 9.17) is 0 Å². The minimum atomic E-state index is -0.230. The Labute approximate surface area is 136 Å². The molecule has 0 bridgehead atoms. The predicted molar refractivity (Wildman–Crippen MR) is 87.9 cm³/mol. The van der Waals surface area contributed by atoms with Crippen molar-refractivity contribution < 1.29 is 9.59 Å². The summed E-state index contributed by atoms with van der Waals surface area (Å²) in [6.45, 7) is 11.1. The lowest BCUT2D eigenvalue weighted by molar-refractivity contribution is -0.132. The number of nitrogens with zero attached hydrogens (tertiary/aromatic N) is 2. The molecule has 1 aliphatic rings. The highest BCUT2D eigenvalue weighted by atomic mass is 32.1. The number of likely N-dealkylation sites (tertiary alicyclic amines) is 1. The van der Waals surface area contributed by atoms with Gasteiger partial charge in [-0.25, -0.2) is 4.98 Å². The lowest BCUT2D eigenvalue weighted by Gasteiger charge is -2.31. The molecular formula is C16H25N3O2S. The summed E-state index contributed by atoms with van der Waals surface area (Å²) in [6, 6.07) is 0. The number of aryl methyl sites for hydroxylation is 2. The van der Waals surface area contributed by atoms with Crippen LogP contribution in [0.2, 0.25) is 0 Å². The zero-order valence-corrected chi connectivity index (χ0v) is 14.8. The molecule has 122 valence electrons. The first-order valence-corrected chi connectivity index (χ1v) is 8.51. The van der Waals surface area contributed by atoms with Crippen molar-refractivity contribution in [2.24, 2.45) is 5.92 Å². The number of aromatic nitrogens is 1. The van der Waals surface area contributed by atoms with Crippen LogP contribution in [-0.2, 0) is 16.0 Å². The van der Waals surface area contributed by atoms with E-state index in [1.807, 2.05) is 27.7 Å². The quantitative estimate of drug-likeness (QED) is 0.922. The topological polar surface area (TPSA) is 62.3 Å². The number of amides is 2. The molecule has 1 atom stereocenters. The first-order chi connectivity index (χ1) is 10.2. The Kier molecular flexibility index (Phi) is 4.90. The van der Waals surface area contributed by atoms with Crippen molar-refractivity contribution in [3.8, 4) is 0 Å². The molecule has 6 heteroatoms. The summed E-state index contributed by atoms with van der Waals surface area (Å²) in [4.78, 5) is 31.7. The average molecular weight is 323 g/mol. The highest BCUT2D eigenvalue weighted by Crippen LogP contribution is 2.25. The van der Waals surface area contributed by atoms with Gasteiger partial charge in [-0.1, -0.05) is 0 Å². The van der Waals surface area contributed by atoms with Crippen molar-refractivity contribution in [1.29, 1.82) is 0 Å². The summed E-state index contributed by atoms with van der Waals surface area (Å²) in [5, 5.41) is 3.99. The molecule has 1 fully saturated rings. The van der Waals surface area contributed by atoms with Gasteiger partial charge in [0.2, 0.25) is 11.8 Å². The van der Waals surface area contributed by atoms with E-state index >= 15 is 0 Å². The van der Waals surface area contributed by atoms with Crippen LogP contribution in [0, 0.1) is 19.8 Å². The third kappa shape index (κ3) is 3.85. The number of carbonyl (C=O) groups is 2. The number of hydrogen-bond acceptors (Lipinski definition) is 4. The number of hydrogen-bond donors (Lipinski definition) is 1. The molecule has 2 amide bonds. The molecule has 0 aromatic carbocycles. The van der Waals surface area contributed by atoms with Crippen molar-refractivity contribution in [1.82, 2.24) is 15.2 Å². The van der Waals surface area contributed by atoms with Crippen LogP contribution in [0.3, 0.4) is 0 Å². The molecule has 2 rings (SSSR count). The fourth-order valence-electron chi connectivity index (χ4n) is 2.61. The molecule has 0 radical (unpaired) electrons. The van der Waals surface area contributed by atoms with Gasteiger partial charge in [-0.05, 0) is 34.6 Å². The van der Waals surface area contributed by atoms with Gasteiger partial charge in [0.25, 0.3) is 0 Å². The fraction of sp³-hybridized carbons (Fsp3) is 0.688. The SMILES string of the molecule is Cc1nc(CCNC(=O)[C@@H]2CC(=O)N(C(C)(C)C)C2)sc1C. The summed E-state index contributed by atoms with van der Waals surface area (Å²) < 4.78 is 0. The van der Waals surface area contributed by atoms with E-state index in [2.05, 4.69) is 17.2 Å². The van der Waals surface area contributed by atoms with Gasteiger partial charge in [-0.3, -0.25) is 9.59 Å². The van der Waals surface area contributed by atoms with Crippen LogP contribution in [-0.4, -0.2) is 40.3 Å². The van der Waals surface area contributed by atoms with Crippen molar-refractivity contribution in [3.05, 3.63) is 15.6 Å². The Hall–Kier alpha value is -1.43. The molecule has 1 N–H and O–H groups in total. The van der Waals surface area contributed by atoms with E-state index in [1.54, 1.807) is 16.2 Å².